The molecule has 3 aliphatic rings. The summed E-state index contributed by atoms with van der Waals surface area (Å²) in [6.45, 7) is 0.0566. The fourth-order valence-corrected chi connectivity index (χ4v) is 5.22. The second kappa shape index (κ2) is 8.28. The highest BCUT2D eigenvalue weighted by atomic mass is 35.5. The van der Waals surface area contributed by atoms with E-state index in [-0.39, 0.29) is 64.1 Å². The number of imide groups is 1. The van der Waals surface area contributed by atoms with E-state index in [2.05, 4.69) is 5.10 Å². The zero-order chi connectivity index (χ0) is 23.3. The van der Waals surface area contributed by atoms with Gasteiger partial charge in [0.25, 0.3) is 11.8 Å². The van der Waals surface area contributed by atoms with Crippen LogP contribution in [0.3, 0.4) is 0 Å². The molecule has 2 aliphatic carbocycles. The lowest BCUT2D eigenvalue weighted by atomic mass is 9.85. The number of rotatable bonds is 6. The lowest BCUT2D eigenvalue weighted by Crippen LogP contribution is -2.28. The second-order valence-corrected chi connectivity index (χ2v) is 9.10. The summed E-state index contributed by atoms with van der Waals surface area (Å²) in [5.74, 6) is -1.34. The second-order valence-electron chi connectivity index (χ2n) is 8.26. The van der Waals surface area contributed by atoms with E-state index < -0.39 is 4.92 Å². The average molecular weight is 486 g/mol. The molecule has 0 N–H and O–H groups in total. The van der Waals surface area contributed by atoms with Crippen molar-refractivity contribution < 1.29 is 19.2 Å². The molecule has 1 saturated carbocycles. The summed E-state index contributed by atoms with van der Waals surface area (Å²) < 4.78 is 5.62. The molecule has 1 aliphatic heterocycles. The third kappa shape index (κ3) is 3.79. The molecule has 2 fully saturated rings. The van der Waals surface area contributed by atoms with Crippen LogP contribution >= 0.6 is 23.2 Å². The Morgan fingerprint density at radius 3 is 2.33 bits per heavy atom. The van der Waals surface area contributed by atoms with Crippen molar-refractivity contribution in [2.45, 2.75) is 13.0 Å². The van der Waals surface area contributed by atoms with Crippen molar-refractivity contribution in [3.05, 3.63) is 79.8 Å². The number of allylic oxidation sites excluding steroid dienone is 2. The van der Waals surface area contributed by atoms with Crippen molar-refractivity contribution in [3.8, 4) is 5.75 Å². The SMILES string of the molecule is O=C1[C@@H]2[C@H](C(=O)N1N=Cc1cc(Cl)c(OCc3ccc(Cl)cc3)c([N+](=O)[O-])c1)[C@H]1C=C[C@H]2C1. The molecule has 10 heteroatoms. The normalized spacial score (nSPS) is 25.3. The van der Waals surface area contributed by atoms with Gasteiger partial charge in [0.15, 0.2) is 0 Å². The van der Waals surface area contributed by atoms with Gasteiger partial charge in [-0.05, 0) is 42.0 Å². The summed E-state index contributed by atoms with van der Waals surface area (Å²) in [4.78, 5) is 36.5. The van der Waals surface area contributed by atoms with E-state index in [1.54, 1.807) is 24.3 Å². The molecule has 2 bridgehead atoms. The number of nitro groups is 1. The number of amides is 2. The zero-order valence-electron chi connectivity index (χ0n) is 17.1. The molecule has 1 saturated heterocycles. The molecule has 8 nitrogen and oxygen atoms in total. The quantitative estimate of drug-likeness (QED) is 0.195. The Kier molecular flexibility index (Phi) is 5.42. The summed E-state index contributed by atoms with van der Waals surface area (Å²) in [5, 5.41) is 17.1. The van der Waals surface area contributed by atoms with Crippen LogP contribution in [0.5, 0.6) is 5.75 Å². The summed E-state index contributed by atoms with van der Waals surface area (Å²) in [6, 6.07) is 9.53. The molecule has 2 aromatic carbocycles. The lowest BCUT2D eigenvalue weighted by molar-refractivity contribution is -0.385. The Hall–Kier alpha value is -3.23. The van der Waals surface area contributed by atoms with E-state index in [4.69, 9.17) is 27.9 Å². The molecule has 168 valence electrons. The van der Waals surface area contributed by atoms with Gasteiger partial charge in [0, 0.05) is 16.7 Å². The van der Waals surface area contributed by atoms with Crippen LogP contribution in [0, 0.1) is 33.8 Å². The minimum atomic E-state index is -0.611. The molecule has 5 rings (SSSR count). The summed E-state index contributed by atoms with van der Waals surface area (Å²) >= 11 is 12.1. The highest BCUT2D eigenvalue weighted by Gasteiger charge is 2.59. The van der Waals surface area contributed by atoms with Gasteiger partial charge in [-0.15, -0.1) is 0 Å². The fourth-order valence-electron chi connectivity index (χ4n) is 4.81. The van der Waals surface area contributed by atoms with Crippen LogP contribution in [0.2, 0.25) is 10.0 Å². The third-order valence-electron chi connectivity index (χ3n) is 6.31. The average Bonchev–Trinajstić information content (AvgIpc) is 3.46. The van der Waals surface area contributed by atoms with Crippen LogP contribution in [0.15, 0.2) is 53.7 Å². The summed E-state index contributed by atoms with van der Waals surface area (Å²) in [6.07, 6.45) is 6.05. The van der Waals surface area contributed by atoms with E-state index >= 15 is 0 Å². The first kappa shape index (κ1) is 21.6. The number of hydrazone groups is 1. The summed E-state index contributed by atoms with van der Waals surface area (Å²) in [7, 11) is 0. The summed E-state index contributed by atoms with van der Waals surface area (Å²) in [5.41, 5.74) is 0.677. The van der Waals surface area contributed by atoms with Crippen LogP contribution in [0.1, 0.15) is 17.5 Å². The first-order valence-electron chi connectivity index (χ1n) is 10.3. The fraction of sp³-hybridized carbons (Fsp3) is 0.261. The number of carbonyl (C=O) groups excluding carboxylic acids is 2. The van der Waals surface area contributed by atoms with Crippen LogP contribution in [-0.4, -0.2) is 28.0 Å². The van der Waals surface area contributed by atoms with Gasteiger partial charge in [-0.25, -0.2) is 0 Å². The van der Waals surface area contributed by atoms with Gasteiger partial charge >= 0.3 is 5.69 Å². The molecule has 0 unspecified atom stereocenters. The Morgan fingerprint density at radius 2 is 1.73 bits per heavy atom. The minimum Gasteiger partial charge on any atom is -0.481 e. The van der Waals surface area contributed by atoms with Crippen molar-refractivity contribution in [2.24, 2.45) is 28.8 Å². The van der Waals surface area contributed by atoms with Gasteiger partial charge < -0.3 is 4.74 Å². The standard InChI is InChI=1S/C23H17Cl2N3O5/c24-16-5-1-12(2-6-16)11-33-21-17(25)7-13(8-18(21)28(31)32)10-26-27-22(29)19-14-3-4-15(9-14)20(19)23(27)30/h1-8,10,14-15,19-20H,9,11H2/t14-,15-,19-,20+/m0/s1. The highest BCUT2D eigenvalue weighted by Crippen LogP contribution is 2.52. The number of halogens is 2. The minimum absolute atomic E-state index is 0.0119. The van der Waals surface area contributed by atoms with Crippen molar-refractivity contribution >= 4 is 46.9 Å². The van der Waals surface area contributed by atoms with Gasteiger partial charge in [0.1, 0.15) is 6.61 Å². The molecule has 0 aromatic heterocycles. The number of ether oxygens (including phenoxy) is 1. The predicted octanol–water partition coefficient (Wildman–Crippen LogP) is 4.62. The van der Waals surface area contributed by atoms with Crippen molar-refractivity contribution in [3.63, 3.8) is 0 Å². The molecule has 2 aromatic rings. The maximum absolute atomic E-state index is 12.7. The van der Waals surface area contributed by atoms with E-state index in [0.29, 0.717) is 5.02 Å². The van der Waals surface area contributed by atoms with Crippen LogP contribution in [-0.2, 0) is 16.2 Å². The first-order valence-corrected chi connectivity index (χ1v) is 11.0. The number of fused-ring (bicyclic) bond motifs is 5. The Bertz CT molecular complexity index is 1200. The van der Waals surface area contributed by atoms with Gasteiger partial charge in [0.2, 0.25) is 5.75 Å². The molecule has 4 atom stereocenters. The molecule has 2 amide bonds. The maximum Gasteiger partial charge on any atom is 0.313 e. The Labute approximate surface area is 198 Å². The third-order valence-corrected chi connectivity index (χ3v) is 6.84. The number of carbonyl (C=O) groups is 2. The zero-order valence-corrected chi connectivity index (χ0v) is 18.6. The van der Waals surface area contributed by atoms with Crippen LogP contribution < -0.4 is 4.74 Å². The molecule has 0 radical (unpaired) electrons. The predicted molar refractivity (Wildman–Crippen MR) is 121 cm³/mol. The smallest absolute Gasteiger partial charge is 0.313 e. The van der Waals surface area contributed by atoms with Crippen LogP contribution in [0.25, 0.3) is 0 Å². The van der Waals surface area contributed by atoms with E-state index in [0.717, 1.165) is 17.0 Å². The molecule has 33 heavy (non-hydrogen) atoms. The van der Waals surface area contributed by atoms with E-state index in [9.17, 15) is 19.7 Å². The van der Waals surface area contributed by atoms with Gasteiger partial charge in [0.05, 0.1) is 28.0 Å². The van der Waals surface area contributed by atoms with Crippen LogP contribution in [0.4, 0.5) is 5.69 Å². The highest BCUT2D eigenvalue weighted by molar-refractivity contribution is 6.32. The lowest BCUT2D eigenvalue weighted by Gasteiger charge is -2.13. The molecular formula is C23H17Cl2N3O5. The molecule has 1 heterocycles. The largest absolute Gasteiger partial charge is 0.481 e. The number of nitrogens with zero attached hydrogens (tertiary/aromatic N) is 3. The molecule has 0 spiro atoms. The topological polar surface area (TPSA) is 102 Å². The van der Waals surface area contributed by atoms with Crippen molar-refractivity contribution in [2.75, 3.05) is 0 Å². The van der Waals surface area contributed by atoms with Crippen molar-refractivity contribution in [1.29, 1.82) is 0 Å². The maximum atomic E-state index is 12.7. The van der Waals surface area contributed by atoms with Gasteiger partial charge in [-0.2, -0.15) is 10.1 Å². The Morgan fingerprint density at radius 1 is 1.09 bits per heavy atom. The van der Waals surface area contributed by atoms with Gasteiger partial charge in [-0.3, -0.25) is 19.7 Å². The van der Waals surface area contributed by atoms with E-state index in [1.807, 2.05) is 12.2 Å². The number of hydrogen-bond donors (Lipinski definition) is 0. The number of nitro benzene ring substituents is 1. The Balaban J connectivity index is 1.36. The first-order chi connectivity index (χ1) is 15.8. The number of hydrogen-bond acceptors (Lipinski definition) is 6. The van der Waals surface area contributed by atoms with Gasteiger partial charge in [-0.1, -0.05) is 47.5 Å². The molecular weight excluding hydrogens is 469 g/mol. The number of benzene rings is 2. The van der Waals surface area contributed by atoms with Crippen molar-refractivity contribution in [1.82, 2.24) is 5.01 Å². The monoisotopic (exact) mass is 485 g/mol. The van der Waals surface area contributed by atoms with E-state index in [1.165, 1.54) is 18.3 Å².